The standard InChI is InChI=1S/C13H19BrO/c1-10(2)7-8-15-13-11(3)5-4-6-12(13)9-14/h4-6,10H,7-9H2,1-3H3. The van der Waals surface area contributed by atoms with Gasteiger partial charge in [-0.25, -0.2) is 0 Å². The number of alkyl halides is 1. The first-order chi connectivity index (χ1) is 7.15. The van der Waals surface area contributed by atoms with E-state index in [4.69, 9.17) is 4.74 Å². The van der Waals surface area contributed by atoms with Gasteiger partial charge in [-0.05, 0) is 24.8 Å². The Hall–Kier alpha value is -0.500. The van der Waals surface area contributed by atoms with Crippen LogP contribution in [0.3, 0.4) is 0 Å². The Balaban J connectivity index is 2.66. The van der Waals surface area contributed by atoms with Crippen molar-refractivity contribution in [3.8, 4) is 5.75 Å². The monoisotopic (exact) mass is 270 g/mol. The fourth-order valence-corrected chi connectivity index (χ4v) is 1.86. The molecule has 84 valence electrons. The van der Waals surface area contributed by atoms with Crippen molar-refractivity contribution in [3.63, 3.8) is 0 Å². The lowest BCUT2D eigenvalue weighted by atomic mass is 10.1. The molecule has 0 fully saturated rings. The van der Waals surface area contributed by atoms with Gasteiger partial charge >= 0.3 is 0 Å². The third kappa shape index (κ3) is 3.86. The van der Waals surface area contributed by atoms with Gasteiger partial charge in [-0.15, -0.1) is 0 Å². The Kier molecular flexibility index (Phi) is 5.16. The van der Waals surface area contributed by atoms with Crippen molar-refractivity contribution >= 4 is 15.9 Å². The van der Waals surface area contributed by atoms with Crippen LogP contribution in [0.5, 0.6) is 5.75 Å². The first kappa shape index (κ1) is 12.6. The van der Waals surface area contributed by atoms with E-state index in [1.165, 1.54) is 11.1 Å². The second-order valence-corrected chi connectivity index (χ2v) is 4.79. The molecule has 0 spiro atoms. The van der Waals surface area contributed by atoms with Crippen molar-refractivity contribution in [1.29, 1.82) is 0 Å². The SMILES string of the molecule is Cc1cccc(CBr)c1OCCC(C)C. The fourth-order valence-electron chi connectivity index (χ4n) is 1.42. The number of hydrogen-bond donors (Lipinski definition) is 0. The number of benzene rings is 1. The number of aryl methyl sites for hydroxylation is 1. The van der Waals surface area contributed by atoms with E-state index in [0.29, 0.717) is 5.92 Å². The molecule has 0 saturated heterocycles. The molecule has 15 heavy (non-hydrogen) atoms. The van der Waals surface area contributed by atoms with Crippen LogP contribution in [0.15, 0.2) is 18.2 Å². The lowest BCUT2D eigenvalue weighted by Crippen LogP contribution is -2.04. The maximum absolute atomic E-state index is 5.84. The minimum atomic E-state index is 0.696. The van der Waals surface area contributed by atoms with Crippen molar-refractivity contribution in [3.05, 3.63) is 29.3 Å². The maximum atomic E-state index is 5.84. The van der Waals surface area contributed by atoms with Crippen LogP contribution in [0.2, 0.25) is 0 Å². The van der Waals surface area contributed by atoms with Gasteiger partial charge in [0, 0.05) is 10.9 Å². The van der Waals surface area contributed by atoms with Crippen LogP contribution in [-0.2, 0) is 5.33 Å². The van der Waals surface area contributed by atoms with Gasteiger partial charge in [-0.1, -0.05) is 48.0 Å². The van der Waals surface area contributed by atoms with Crippen LogP contribution in [-0.4, -0.2) is 6.61 Å². The van der Waals surface area contributed by atoms with Crippen LogP contribution in [0.4, 0.5) is 0 Å². The van der Waals surface area contributed by atoms with E-state index in [1.807, 2.05) is 0 Å². The van der Waals surface area contributed by atoms with Gasteiger partial charge in [0.05, 0.1) is 6.61 Å². The molecule has 0 aliphatic carbocycles. The third-order valence-electron chi connectivity index (χ3n) is 2.38. The van der Waals surface area contributed by atoms with Crippen LogP contribution >= 0.6 is 15.9 Å². The second-order valence-electron chi connectivity index (χ2n) is 4.23. The van der Waals surface area contributed by atoms with Crippen molar-refractivity contribution in [2.75, 3.05) is 6.61 Å². The topological polar surface area (TPSA) is 9.23 Å². The zero-order valence-electron chi connectivity index (χ0n) is 9.72. The molecule has 0 bridgehead atoms. The summed E-state index contributed by atoms with van der Waals surface area (Å²) in [6, 6.07) is 6.27. The molecule has 1 nitrogen and oxygen atoms in total. The molecule has 2 heteroatoms. The number of ether oxygens (including phenoxy) is 1. The van der Waals surface area contributed by atoms with Gasteiger partial charge in [-0.2, -0.15) is 0 Å². The summed E-state index contributed by atoms with van der Waals surface area (Å²) < 4.78 is 5.84. The summed E-state index contributed by atoms with van der Waals surface area (Å²) >= 11 is 3.48. The number of halogens is 1. The quantitative estimate of drug-likeness (QED) is 0.725. The van der Waals surface area contributed by atoms with E-state index in [9.17, 15) is 0 Å². The first-order valence-electron chi connectivity index (χ1n) is 5.42. The third-order valence-corrected chi connectivity index (χ3v) is 2.98. The molecule has 0 amide bonds. The summed E-state index contributed by atoms with van der Waals surface area (Å²) in [7, 11) is 0. The van der Waals surface area contributed by atoms with Gasteiger partial charge in [0.1, 0.15) is 5.75 Å². The zero-order valence-corrected chi connectivity index (χ0v) is 11.3. The largest absolute Gasteiger partial charge is 0.493 e. The normalized spacial score (nSPS) is 10.7. The Morgan fingerprint density at radius 2 is 2.07 bits per heavy atom. The maximum Gasteiger partial charge on any atom is 0.126 e. The van der Waals surface area contributed by atoms with Gasteiger partial charge < -0.3 is 4.74 Å². The minimum Gasteiger partial charge on any atom is -0.493 e. The highest BCUT2D eigenvalue weighted by Crippen LogP contribution is 2.25. The van der Waals surface area contributed by atoms with Crippen LogP contribution in [0.1, 0.15) is 31.4 Å². The summed E-state index contributed by atoms with van der Waals surface area (Å²) in [4.78, 5) is 0. The lowest BCUT2D eigenvalue weighted by molar-refractivity contribution is 0.286. The highest BCUT2D eigenvalue weighted by molar-refractivity contribution is 9.08. The highest BCUT2D eigenvalue weighted by Gasteiger charge is 2.05. The molecule has 0 atom stereocenters. The van der Waals surface area contributed by atoms with Gasteiger partial charge in [-0.3, -0.25) is 0 Å². The molecule has 0 N–H and O–H groups in total. The van der Waals surface area contributed by atoms with Gasteiger partial charge in [0.15, 0.2) is 0 Å². The van der Waals surface area contributed by atoms with E-state index in [2.05, 4.69) is 54.9 Å². The molecule has 1 rings (SSSR count). The molecule has 0 radical (unpaired) electrons. The average molecular weight is 271 g/mol. The van der Waals surface area contributed by atoms with E-state index in [-0.39, 0.29) is 0 Å². The van der Waals surface area contributed by atoms with E-state index < -0.39 is 0 Å². The summed E-state index contributed by atoms with van der Waals surface area (Å²) in [5, 5.41) is 0.853. The van der Waals surface area contributed by atoms with Crippen LogP contribution < -0.4 is 4.74 Å². The second kappa shape index (κ2) is 6.16. The summed E-state index contributed by atoms with van der Waals surface area (Å²) in [6.45, 7) is 7.33. The lowest BCUT2D eigenvalue weighted by Gasteiger charge is -2.13. The number of hydrogen-bond acceptors (Lipinski definition) is 1. The average Bonchev–Trinajstić information content (AvgIpc) is 2.20. The molecule has 0 unspecified atom stereocenters. The van der Waals surface area contributed by atoms with E-state index in [0.717, 1.165) is 24.1 Å². The minimum absolute atomic E-state index is 0.696. The predicted molar refractivity (Wildman–Crippen MR) is 68.8 cm³/mol. The van der Waals surface area contributed by atoms with Crippen molar-refractivity contribution in [1.82, 2.24) is 0 Å². The molecule has 0 aliphatic heterocycles. The molecule has 0 saturated carbocycles. The summed E-state index contributed by atoms with van der Waals surface area (Å²) in [5.41, 5.74) is 2.45. The molecule has 1 aromatic carbocycles. The first-order valence-corrected chi connectivity index (χ1v) is 6.54. The Morgan fingerprint density at radius 1 is 1.33 bits per heavy atom. The van der Waals surface area contributed by atoms with Crippen LogP contribution in [0.25, 0.3) is 0 Å². The number of rotatable bonds is 5. The Morgan fingerprint density at radius 3 is 2.67 bits per heavy atom. The summed E-state index contributed by atoms with van der Waals surface area (Å²) in [6.07, 6.45) is 1.11. The van der Waals surface area contributed by atoms with Gasteiger partial charge in [0.2, 0.25) is 0 Å². The number of para-hydroxylation sites is 1. The molecule has 0 aromatic heterocycles. The molecule has 0 heterocycles. The Bertz CT molecular complexity index is 307. The van der Waals surface area contributed by atoms with Crippen molar-refractivity contribution in [2.45, 2.75) is 32.5 Å². The smallest absolute Gasteiger partial charge is 0.126 e. The fraction of sp³-hybridized carbons (Fsp3) is 0.538. The zero-order chi connectivity index (χ0) is 11.3. The van der Waals surface area contributed by atoms with E-state index >= 15 is 0 Å². The van der Waals surface area contributed by atoms with E-state index in [1.54, 1.807) is 0 Å². The molecular weight excluding hydrogens is 252 g/mol. The molecular formula is C13H19BrO. The molecule has 0 aliphatic rings. The Labute approximate surface area is 101 Å². The predicted octanol–water partition coefficient (Wildman–Crippen LogP) is 4.31. The van der Waals surface area contributed by atoms with Crippen LogP contribution in [0, 0.1) is 12.8 Å². The summed E-state index contributed by atoms with van der Waals surface area (Å²) in [5.74, 6) is 1.75. The van der Waals surface area contributed by atoms with Crippen molar-refractivity contribution in [2.24, 2.45) is 5.92 Å². The van der Waals surface area contributed by atoms with Crippen molar-refractivity contribution < 1.29 is 4.74 Å². The van der Waals surface area contributed by atoms with Gasteiger partial charge in [0.25, 0.3) is 0 Å². The highest BCUT2D eigenvalue weighted by atomic mass is 79.9. The molecule has 1 aromatic rings.